The van der Waals surface area contributed by atoms with E-state index in [1.54, 1.807) is 6.07 Å². The van der Waals surface area contributed by atoms with E-state index in [4.69, 9.17) is 10.8 Å². The van der Waals surface area contributed by atoms with Crippen LogP contribution >= 0.6 is 0 Å². The Hall–Kier alpha value is -2.15. The van der Waals surface area contributed by atoms with Crippen LogP contribution in [-0.4, -0.2) is 44.7 Å². The molecule has 23 heavy (non-hydrogen) atoms. The first-order chi connectivity index (χ1) is 11.1. The van der Waals surface area contributed by atoms with Crippen molar-refractivity contribution in [3.63, 3.8) is 0 Å². The van der Waals surface area contributed by atoms with E-state index in [2.05, 4.69) is 14.9 Å². The Bertz CT molecular complexity index is 767. The lowest BCUT2D eigenvalue weighted by Crippen LogP contribution is -2.31. The largest absolute Gasteiger partial charge is 0.478 e. The standard InChI is InChI=1S/C16H21N5O2/c1-2-21-14-13(5-10(6-18-14)15(22)23)19-16(21)20-7-11(9-3-4-9)12(17)8-20/h5-6,9,11-12H,2-4,7-8,17H2,1H3,(H,22,23)/t11-,12+/m1/s1. The molecule has 0 bridgehead atoms. The van der Waals surface area contributed by atoms with E-state index in [0.717, 1.165) is 37.1 Å². The number of aromatic nitrogens is 3. The number of carboxylic acid groups (broad SMARTS) is 1. The van der Waals surface area contributed by atoms with Crippen molar-refractivity contribution in [2.45, 2.75) is 32.4 Å². The maximum Gasteiger partial charge on any atom is 0.337 e. The zero-order valence-electron chi connectivity index (χ0n) is 13.1. The number of imidazole rings is 1. The Balaban J connectivity index is 1.73. The van der Waals surface area contributed by atoms with Gasteiger partial charge >= 0.3 is 5.97 Å². The van der Waals surface area contributed by atoms with E-state index in [-0.39, 0.29) is 11.6 Å². The van der Waals surface area contributed by atoms with Crippen molar-refractivity contribution in [3.8, 4) is 0 Å². The SMILES string of the molecule is CCn1c(N2C[C@H](C3CC3)[C@@H](N)C2)nc2cc(C(=O)O)cnc21. The average molecular weight is 315 g/mol. The van der Waals surface area contributed by atoms with Crippen molar-refractivity contribution in [3.05, 3.63) is 17.8 Å². The number of nitrogens with two attached hydrogens (primary N) is 1. The minimum Gasteiger partial charge on any atom is -0.478 e. The third kappa shape index (κ3) is 2.35. The lowest BCUT2D eigenvalue weighted by atomic mass is 9.99. The number of anilines is 1. The molecule has 2 aliphatic rings. The molecule has 122 valence electrons. The molecule has 3 heterocycles. The van der Waals surface area contributed by atoms with Gasteiger partial charge in [-0.3, -0.25) is 4.57 Å². The fourth-order valence-electron chi connectivity index (χ4n) is 3.69. The van der Waals surface area contributed by atoms with Gasteiger partial charge in [-0.15, -0.1) is 0 Å². The molecule has 1 saturated carbocycles. The predicted molar refractivity (Wildman–Crippen MR) is 86.6 cm³/mol. The number of nitrogens with zero attached hydrogens (tertiary/aromatic N) is 4. The van der Waals surface area contributed by atoms with Crippen LogP contribution in [0.2, 0.25) is 0 Å². The number of aryl methyl sites for hydroxylation is 1. The Kier molecular flexibility index (Phi) is 3.26. The van der Waals surface area contributed by atoms with Crippen LogP contribution < -0.4 is 10.6 Å². The monoisotopic (exact) mass is 315 g/mol. The second kappa shape index (κ2) is 5.19. The van der Waals surface area contributed by atoms with Crippen molar-refractivity contribution < 1.29 is 9.90 Å². The highest BCUT2D eigenvalue weighted by molar-refractivity contribution is 5.91. The summed E-state index contributed by atoms with van der Waals surface area (Å²) in [6.45, 7) is 4.52. The topological polar surface area (TPSA) is 97.3 Å². The lowest BCUT2D eigenvalue weighted by Gasteiger charge is -2.18. The Morgan fingerprint density at radius 3 is 2.87 bits per heavy atom. The number of rotatable bonds is 4. The van der Waals surface area contributed by atoms with Gasteiger partial charge in [0.1, 0.15) is 5.52 Å². The molecular formula is C16H21N5O2. The number of carboxylic acids is 1. The van der Waals surface area contributed by atoms with Gasteiger partial charge in [0.15, 0.2) is 5.65 Å². The Labute approximate surface area is 134 Å². The van der Waals surface area contributed by atoms with Crippen LogP contribution in [-0.2, 0) is 6.54 Å². The molecule has 0 aromatic carbocycles. The first-order valence-corrected chi connectivity index (χ1v) is 8.18. The molecule has 0 radical (unpaired) electrons. The van der Waals surface area contributed by atoms with Gasteiger partial charge in [-0.1, -0.05) is 0 Å². The molecule has 3 N–H and O–H groups in total. The zero-order valence-corrected chi connectivity index (χ0v) is 13.1. The summed E-state index contributed by atoms with van der Waals surface area (Å²) in [4.78, 5) is 22.3. The molecule has 2 aromatic rings. The van der Waals surface area contributed by atoms with Gasteiger partial charge in [-0.2, -0.15) is 0 Å². The van der Waals surface area contributed by atoms with Crippen LogP contribution in [0.1, 0.15) is 30.1 Å². The quantitative estimate of drug-likeness (QED) is 0.883. The minimum atomic E-state index is -0.982. The number of pyridine rings is 1. The summed E-state index contributed by atoms with van der Waals surface area (Å²) in [7, 11) is 0. The predicted octanol–water partition coefficient (Wildman–Crippen LogP) is 1.32. The molecule has 1 aliphatic carbocycles. The van der Waals surface area contributed by atoms with Crippen molar-refractivity contribution in [1.29, 1.82) is 0 Å². The van der Waals surface area contributed by atoms with Gasteiger partial charge in [0.25, 0.3) is 0 Å². The molecule has 2 fully saturated rings. The highest BCUT2D eigenvalue weighted by Crippen LogP contribution is 2.41. The first kappa shape index (κ1) is 14.4. The van der Waals surface area contributed by atoms with Gasteiger partial charge in [-0.25, -0.2) is 14.8 Å². The molecule has 2 aromatic heterocycles. The summed E-state index contributed by atoms with van der Waals surface area (Å²) in [6, 6.07) is 1.78. The fourth-order valence-corrected chi connectivity index (χ4v) is 3.69. The van der Waals surface area contributed by atoms with E-state index in [0.29, 0.717) is 11.4 Å². The highest BCUT2D eigenvalue weighted by atomic mass is 16.4. The van der Waals surface area contributed by atoms with Crippen molar-refractivity contribution >= 4 is 23.1 Å². The maximum atomic E-state index is 11.1. The fraction of sp³-hybridized carbons (Fsp3) is 0.562. The van der Waals surface area contributed by atoms with Crippen LogP contribution in [0.25, 0.3) is 11.2 Å². The molecule has 7 heteroatoms. The van der Waals surface area contributed by atoms with Gasteiger partial charge in [0, 0.05) is 31.9 Å². The summed E-state index contributed by atoms with van der Waals surface area (Å²) < 4.78 is 2.04. The average Bonchev–Trinajstić information content (AvgIpc) is 3.19. The number of aromatic carboxylic acids is 1. The van der Waals surface area contributed by atoms with E-state index in [1.165, 1.54) is 19.0 Å². The second-order valence-electron chi connectivity index (χ2n) is 6.60. The molecule has 1 saturated heterocycles. The van der Waals surface area contributed by atoms with Crippen LogP contribution in [0.4, 0.5) is 5.95 Å². The highest BCUT2D eigenvalue weighted by Gasteiger charge is 2.42. The van der Waals surface area contributed by atoms with Crippen molar-refractivity contribution in [2.24, 2.45) is 17.6 Å². The summed E-state index contributed by atoms with van der Waals surface area (Å²) in [5.74, 6) is 1.19. The summed E-state index contributed by atoms with van der Waals surface area (Å²) in [5, 5.41) is 9.13. The second-order valence-corrected chi connectivity index (χ2v) is 6.60. The molecule has 7 nitrogen and oxygen atoms in total. The van der Waals surface area contributed by atoms with Gasteiger partial charge in [0.2, 0.25) is 5.95 Å². The molecular weight excluding hydrogens is 294 g/mol. The maximum absolute atomic E-state index is 11.1. The Morgan fingerprint density at radius 1 is 1.43 bits per heavy atom. The van der Waals surface area contributed by atoms with E-state index in [1.807, 2.05) is 11.5 Å². The van der Waals surface area contributed by atoms with Crippen molar-refractivity contribution in [2.75, 3.05) is 18.0 Å². The molecule has 0 unspecified atom stereocenters. The van der Waals surface area contributed by atoms with E-state index >= 15 is 0 Å². The van der Waals surface area contributed by atoms with Crippen LogP contribution in [0.15, 0.2) is 12.3 Å². The molecule has 4 rings (SSSR count). The van der Waals surface area contributed by atoms with Gasteiger partial charge in [0.05, 0.1) is 5.56 Å². The van der Waals surface area contributed by atoms with Gasteiger partial charge < -0.3 is 15.7 Å². The number of hydrogen-bond acceptors (Lipinski definition) is 5. The number of hydrogen-bond donors (Lipinski definition) is 2. The van der Waals surface area contributed by atoms with Gasteiger partial charge in [-0.05, 0) is 37.7 Å². The first-order valence-electron chi connectivity index (χ1n) is 8.18. The molecule has 1 aliphatic heterocycles. The van der Waals surface area contributed by atoms with Crippen LogP contribution in [0.5, 0.6) is 0 Å². The van der Waals surface area contributed by atoms with Crippen molar-refractivity contribution in [1.82, 2.24) is 14.5 Å². The third-order valence-electron chi connectivity index (χ3n) is 5.05. The normalized spacial score (nSPS) is 24.5. The summed E-state index contributed by atoms with van der Waals surface area (Å²) in [5.41, 5.74) is 7.85. The molecule has 0 amide bonds. The third-order valence-corrected chi connectivity index (χ3v) is 5.05. The van der Waals surface area contributed by atoms with Crippen LogP contribution in [0, 0.1) is 11.8 Å². The summed E-state index contributed by atoms with van der Waals surface area (Å²) in [6.07, 6.45) is 3.98. The summed E-state index contributed by atoms with van der Waals surface area (Å²) >= 11 is 0. The van der Waals surface area contributed by atoms with E-state index < -0.39 is 5.97 Å². The van der Waals surface area contributed by atoms with E-state index in [9.17, 15) is 4.79 Å². The smallest absolute Gasteiger partial charge is 0.337 e. The molecule has 2 atom stereocenters. The lowest BCUT2D eigenvalue weighted by molar-refractivity contribution is 0.0696. The minimum absolute atomic E-state index is 0.166. The number of carbonyl (C=O) groups is 1. The van der Waals surface area contributed by atoms with Crippen LogP contribution in [0.3, 0.4) is 0 Å². The Morgan fingerprint density at radius 2 is 2.22 bits per heavy atom. The molecule has 0 spiro atoms. The number of fused-ring (bicyclic) bond motifs is 1. The zero-order chi connectivity index (χ0) is 16.1.